The van der Waals surface area contributed by atoms with E-state index in [2.05, 4.69) is 34.2 Å². The summed E-state index contributed by atoms with van der Waals surface area (Å²) >= 11 is 0. The molecule has 1 saturated carbocycles. The summed E-state index contributed by atoms with van der Waals surface area (Å²) < 4.78 is 5.31. The SMILES string of the molecule is CC(C)c1nc(CN(CC2CC2)CC2CCCN2)no1. The Bertz CT molecular complexity index is 421. The summed E-state index contributed by atoms with van der Waals surface area (Å²) in [7, 11) is 0. The molecule has 1 aromatic rings. The van der Waals surface area contributed by atoms with Crippen molar-refractivity contribution in [3.8, 4) is 0 Å². The van der Waals surface area contributed by atoms with E-state index in [0.717, 1.165) is 30.7 Å². The van der Waals surface area contributed by atoms with E-state index in [9.17, 15) is 0 Å². The Morgan fingerprint density at radius 3 is 2.75 bits per heavy atom. The van der Waals surface area contributed by atoms with Gasteiger partial charge in [0.2, 0.25) is 5.89 Å². The second kappa shape index (κ2) is 6.22. The minimum Gasteiger partial charge on any atom is -0.339 e. The molecule has 5 nitrogen and oxygen atoms in total. The van der Waals surface area contributed by atoms with Crippen molar-refractivity contribution in [2.45, 2.75) is 58.0 Å². The van der Waals surface area contributed by atoms with Gasteiger partial charge in [-0.15, -0.1) is 0 Å². The minimum absolute atomic E-state index is 0.310. The lowest BCUT2D eigenvalue weighted by Gasteiger charge is -2.24. The largest absolute Gasteiger partial charge is 0.339 e. The normalized spacial score (nSPS) is 23.1. The summed E-state index contributed by atoms with van der Waals surface area (Å²) in [5.74, 6) is 2.80. The average molecular weight is 278 g/mol. The summed E-state index contributed by atoms with van der Waals surface area (Å²) in [4.78, 5) is 7.02. The highest BCUT2D eigenvalue weighted by atomic mass is 16.5. The van der Waals surface area contributed by atoms with Crippen LogP contribution < -0.4 is 5.32 Å². The van der Waals surface area contributed by atoms with Crippen LogP contribution in [0.4, 0.5) is 0 Å². The van der Waals surface area contributed by atoms with Crippen LogP contribution in [0.1, 0.15) is 57.2 Å². The zero-order valence-corrected chi connectivity index (χ0v) is 12.6. The third kappa shape index (κ3) is 3.79. The molecule has 0 radical (unpaired) electrons. The van der Waals surface area contributed by atoms with Crippen LogP contribution in [-0.2, 0) is 6.54 Å². The highest BCUT2D eigenvalue weighted by molar-refractivity contribution is 4.92. The second-order valence-corrected chi connectivity index (χ2v) is 6.63. The topological polar surface area (TPSA) is 54.2 Å². The van der Waals surface area contributed by atoms with Gasteiger partial charge in [-0.25, -0.2) is 0 Å². The van der Waals surface area contributed by atoms with Crippen LogP contribution in [0.2, 0.25) is 0 Å². The third-order valence-corrected chi connectivity index (χ3v) is 4.20. The molecular formula is C15H26N4O. The summed E-state index contributed by atoms with van der Waals surface area (Å²) in [6.45, 7) is 8.46. The third-order valence-electron chi connectivity index (χ3n) is 4.20. The van der Waals surface area contributed by atoms with E-state index in [0.29, 0.717) is 12.0 Å². The fourth-order valence-electron chi connectivity index (χ4n) is 2.86. The van der Waals surface area contributed by atoms with Gasteiger partial charge in [0.05, 0.1) is 6.54 Å². The molecule has 1 saturated heterocycles. The van der Waals surface area contributed by atoms with Crippen LogP contribution in [0.3, 0.4) is 0 Å². The molecule has 0 bridgehead atoms. The summed E-state index contributed by atoms with van der Waals surface area (Å²) in [5, 5.41) is 7.72. The Kier molecular flexibility index (Phi) is 4.36. The molecule has 2 aliphatic rings. The maximum absolute atomic E-state index is 5.31. The van der Waals surface area contributed by atoms with Crippen molar-refractivity contribution in [1.82, 2.24) is 20.4 Å². The summed E-state index contributed by atoms with van der Waals surface area (Å²) in [5.41, 5.74) is 0. The molecular weight excluding hydrogens is 252 g/mol. The molecule has 20 heavy (non-hydrogen) atoms. The minimum atomic E-state index is 0.310. The molecule has 1 aliphatic carbocycles. The van der Waals surface area contributed by atoms with Crippen molar-refractivity contribution >= 4 is 0 Å². The van der Waals surface area contributed by atoms with Crippen molar-refractivity contribution in [1.29, 1.82) is 0 Å². The maximum Gasteiger partial charge on any atom is 0.229 e. The van der Waals surface area contributed by atoms with Gasteiger partial charge in [-0.3, -0.25) is 4.90 Å². The number of hydrogen-bond acceptors (Lipinski definition) is 5. The van der Waals surface area contributed by atoms with Crippen LogP contribution in [0.25, 0.3) is 0 Å². The number of aromatic nitrogens is 2. The van der Waals surface area contributed by atoms with Crippen molar-refractivity contribution in [2.24, 2.45) is 5.92 Å². The van der Waals surface area contributed by atoms with Gasteiger partial charge in [0.1, 0.15) is 0 Å². The Hall–Kier alpha value is -0.940. The molecule has 2 fully saturated rings. The van der Waals surface area contributed by atoms with Crippen molar-refractivity contribution in [3.05, 3.63) is 11.7 Å². The van der Waals surface area contributed by atoms with Crippen LogP contribution in [-0.4, -0.2) is 40.7 Å². The summed E-state index contributed by atoms with van der Waals surface area (Å²) in [6.07, 6.45) is 5.38. The lowest BCUT2D eigenvalue weighted by Crippen LogP contribution is -2.38. The quantitative estimate of drug-likeness (QED) is 0.828. The van der Waals surface area contributed by atoms with Gasteiger partial charge < -0.3 is 9.84 Å². The number of hydrogen-bond donors (Lipinski definition) is 1. The van der Waals surface area contributed by atoms with Gasteiger partial charge in [-0.05, 0) is 38.1 Å². The molecule has 5 heteroatoms. The fraction of sp³-hybridized carbons (Fsp3) is 0.867. The molecule has 1 N–H and O–H groups in total. The van der Waals surface area contributed by atoms with Crippen molar-refractivity contribution < 1.29 is 4.52 Å². The van der Waals surface area contributed by atoms with E-state index in [4.69, 9.17) is 4.52 Å². The van der Waals surface area contributed by atoms with Crippen LogP contribution >= 0.6 is 0 Å². The average Bonchev–Trinajstić information content (AvgIpc) is 2.91. The maximum atomic E-state index is 5.31. The number of nitrogens with zero attached hydrogens (tertiary/aromatic N) is 3. The second-order valence-electron chi connectivity index (χ2n) is 6.63. The molecule has 0 aromatic carbocycles. The monoisotopic (exact) mass is 278 g/mol. The Morgan fingerprint density at radius 1 is 1.30 bits per heavy atom. The fourth-order valence-corrected chi connectivity index (χ4v) is 2.86. The van der Waals surface area contributed by atoms with E-state index in [1.54, 1.807) is 0 Å². The number of rotatable bonds is 7. The zero-order valence-electron chi connectivity index (χ0n) is 12.6. The molecule has 1 unspecified atom stereocenters. The summed E-state index contributed by atoms with van der Waals surface area (Å²) in [6, 6.07) is 0.644. The van der Waals surface area contributed by atoms with E-state index < -0.39 is 0 Å². The van der Waals surface area contributed by atoms with E-state index in [1.807, 2.05) is 0 Å². The molecule has 1 aliphatic heterocycles. The lowest BCUT2D eigenvalue weighted by atomic mass is 10.2. The van der Waals surface area contributed by atoms with Crippen molar-refractivity contribution in [3.63, 3.8) is 0 Å². The van der Waals surface area contributed by atoms with Gasteiger partial charge >= 0.3 is 0 Å². The van der Waals surface area contributed by atoms with Gasteiger partial charge in [0, 0.05) is 25.0 Å². The van der Waals surface area contributed by atoms with Gasteiger partial charge in [0.25, 0.3) is 0 Å². The van der Waals surface area contributed by atoms with Crippen LogP contribution in [0.15, 0.2) is 4.52 Å². The lowest BCUT2D eigenvalue weighted by molar-refractivity contribution is 0.223. The van der Waals surface area contributed by atoms with E-state index in [-0.39, 0.29) is 0 Å². The zero-order chi connectivity index (χ0) is 13.9. The first-order valence-corrected chi connectivity index (χ1v) is 7.99. The number of nitrogens with one attached hydrogen (secondary N) is 1. The molecule has 3 rings (SSSR count). The predicted octanol–water partition coefficient (Wildman–Crippen LogP) is 2.16. The van der Waals surface area contributed by atoms with Gasteiger partial charge in [-0.1, -0.05) is 19.0 Å². The first-order valence-electron chi connectivity index (χ1n) is 7.99. The Morgan fingerprint density at radius 2 is 2.15 bits per heavy atom. The molecule has 0 spiro atoms. The predicted molar refractivity (Wildman–Crippen MR) is 77.4 cm³/mol. The Labute approximate surface area is 121 Å². The molecule has 0 amide bonds. The smallest absolute Gasteiger partial charge is 0.229 e. The molecule has 1 atom stereocenters. The molecule has 2 heterocycles. The Balaban J connectivity index is 1.58. The van der Waals surface area contributed by atoms with Gasteiger partial charge in [-0.2, -0.15) is 4.98 Å². The first kappa shape index (κ1) is 14.0. The molecule has 1 aromatic heterocycles. The van der Waals surface area contributed by atoms with E-state index >= 15 is 0 Å². The van der Waals surface area contributed by atoms with Crippen LogP contribution in [0, 0.1) is 5.92 Å². The van der Waals surface area contributed by atoms with Crippen LogP contribution in [0.5, 0.6) is 0 Å². The van der Waals surface area contributed by atoms with Gasteiger partial charge in [0.15, 0.2) is 5.82 Å². The van der Waals surface area contributed by atoms with E-state index in [1.165, 1.54) is 38.8 Å². The first-order chi connectivity index (χ1) is 9.70. The van der Waals surface area contributed by atoms with Crippen molar-refractivity contribution in [2.75, 3.05) is 19.6 Å². The standard InChI is InChI=1S/C15H26N4O/c1-11(2)15-17-14(18-20-15)10-19(8-12-5-6-12)9-13-4-3-7-16-13/h11-13,16H,3-10H2,1-2H3. The highest BCUT2D eigenvalue weighted by Gasteiger charge is 2.27. The molecule has 112 valence electrons. The highest BCUT2D eigenvalue weighted by Crippen LogP contribution is 2.30.